The molecule has 2 aliphatic heterocycles. The molecule has 20 heavy (non-hydrogen) atoms. The van der Waals surface area contributed by atoms with E-state index in [1.165, 1.54) is 11.3 Å². The molecule has 110 valence electrons. The molecule has 1 saturated heterocycles. The fourth-order valence-electron chi connectivity index (χ4n) is 4.24. The summed E-state index contributed by atoms with van der Waals surface area (Å²) in [5.41, 5.74) is 2.39. The van der Waals surface area contributed by atoms with E-state index in [-0.39, 0.29) is 11.1 Å². The molecular formula is C17H26N2O. The zero-order chi connectivity index (χ0) is 14.5. The molecule has 1 atom stereocenters. The minimum atomic E-state index is -0.164. The Morgan fingerprint density at radius 3 is 2.30 bits per heavy atom. The van der Waals surface area contributed by atoms with Crippen LogP contribution in [0.3, 0.4) is 0 Å². The van der Waals surface area contributed by atoms with Crippen LogP contribution in [0.2, 0.25) is 0 Å². The van der Waals surface area contributed by atoms with Crippen molar-refractivity contribution in [1.82, 2.24) is 5.06 Å². The highest BCUT2D eigenvalue weighted by molar-refractivity contribution is 5.56. The van der Waals surface area contributed by atoms with Gasteiger partial charge in [-0.25, -0.2) is 0 Å². The van der Waals surface area contributed by atoms with Crippen LogP contribution in [0, 0.1) is 5.92 Å². The van der Waals surface area contributed by atoms with E-state index < -0.39 is 0 Å². The van der Waals surface area contributed by atoms with Crippen LogP contribution >= 0.6 is 0 Å². The summed E-state index contributed by atoms with van der Waals surface area (Å²) in [4.78, 5) is 0. The number of benzene rings is 1. The number of hydrogen-bond acceptors (Lipinski definition) is 3. The molecule has 2 aliphatic rings. The first-order valence-electron chi connectivity index (χ1n) is 7.63. The summed E-state index contributed by atoms with van der Waals surface area (Å²) >= 11 is 0. The second kappa shape index (κ2) is 4.47. The van der Waals surface area contributed by atoms with Crippen LogP contribution in [0.15, 0.2) is 24.3 Å². The average molecular weight is 274 g/mol. The molecule has 3 rings (SSSR count). The van der Waals surface area contributed by atoms with Crippen molar-refractivity contribution in [2.75, 3.05) is 5.32 Å². The summed E-state index contributed by atoms with van der Waals surface area (Å²) in [6.07, 6.45) is 3.16. The topological polar surface area (TPSA) is 35.5 Å². The maximum Gasteiger partial charge on any atom is 0.0413 e. The Kier molecular flexibility index (Phi) is 3.11. The molecule has 0 bridgehead atoms. The first-order valence-corrected chi connectivity index (χ1v) is 7.63. The first kappa shape index (κ1) is 13.9. The minimum absolute atomic E-state index is 0.164. The van der Waals surface area contributed by atoms with Crippen LogP contribution in [0.25, 0.3) is 0 Å². The lowest BCUT2D eigenvalue weighted by Crippen LogP contribution is -2.60. The van der Waals surface area contributed by atoms with Crippen molar-refractivity contribution in [3.05, 3.63) is 29.8 Å². The van der Waals surface area contributed by atoms with E-state index in [0.29, 0.717) is 12.0 Å². The summed E-state index contributed by atoms with van der Waals surface area (Å²) < 4.78 is 0. The Morgan fingerprint density at radius 1 is 1.10 bits per heavy atom. The molecule has 0 aliphatic carbocycles. The molecule has 0 amide bonds. The lowest BCUT2D eigenvalue weighted by atomic mass is 9.72. The SMILES string of the molecule is CC1(C)CC(C2Cc3ccccc3N2)CC(C)(C)N1O. The summed E-state index contributed by atoms with van der Waals surface area (Å²) in [5, 5.41) is 15.7. The first-order chi connectivity index (χ1) is 9.29. The van der Waals surface area contributed by atoms with E-state index in [4.69, 9.17) is 0 Å². The van der Waals surface area contributed by atoms with Crippen LogP contribution in [-0.2, 0) is 6.42 Å². The van der Waals surface area contributed by atoms with Gasteiger partial charge in [0.05, 0.1) is 0 Å². The average Bonchev–Trinajstić information content (AvgIpc) is 2.79. The Labute approximate surface area is 121 Å². The van der Waals surface area contributed by atoms with Crippen LogP contribution < -0.4 is 5.32 Å². The quantitative estimate of drug-likeness (QED) is 0.820. The van der Waals surface area contributed by atoms with Crippen molar-refractivity contribution in [2.45, 2.75) is 64.1 Å². The molecule has 3 nitrogen and oxygen atoms in total. The standard InChI is InChI=1S/C17H26N2O/c1-16(2)10-13(11-17(3,4)19(16)20)15-9-12-7-5-6-8-14(12)18-15/h5-8,13,15,18,20H,9-11H2,1-4H3. The molecule has 3 heteroatoms. The highest BCUT2D eigenvalue weighted by Gasteiger charge is 2.47. The molecular weight excluding hydrogens is 248 g/mol. The van der Waals surface area contributed by atoms with Crippen LogP contribution in [0.4, 0.5) is 5.69 Å². The highest BCUT2D eigenvalue weighted by Crippen LogP contribution is 2.43. The zero-order valence-electron chi connectivity index (χ0n) is 13.0. The maximum absolute atomic E-state index is 10.4. The van der Waals surface area contributed by atoms with Crippen molar-refractivity contribution >= 4 is 5.69 Å². The van der Waals surface area contributed by atoms with Gasteiger partial charge in [-0.15, -0.1) is 0 Å². The minimum Gasteiger partial charge on any atom is -0.381 e. The van der Waals surface area contributed by atoms with Gasteiger partial charge in [-0.1, -0.05) is 18.2 Å². The third-order valence-electron chi connectivity index (χ3n) is 5.04. The summed E-state index contributed by atoms with van der Waals surface area (Å²) in [7, 11) is 0. The van der Waals surface area contributed by atoms with Crippen LogP contribution in [-0.4, -0.2) is 27.4 Å². The molecule has 1 aromatic rings. The van der Waals surface area contributed by atoms with E-state index in [1.54, 1.807) is 5.06 Å². The lowest BCUT2D eigenvalue weighted by molar-refractivity contribution is -0.251. The fourth-order valence-corrected chi connectivity index (χ4v) is 4.24. The predicted octanol–water partition coefficient (Wildman–Crippen LogP) is 3.68. The number of para-hydroxylation sites is 1. The third kappa shape index (κ3) is 2.23. The summed E-state index contributed by atoms with van der Waals surface area (Å²) in [6, 6.07) is 9.11. The number of rotatable bonds is 1. The number of anilines is 1. The molecule has 0 spiro atoms. The van der Waals surface area contributed by atoms with Gasteiger partial charge in [0.25, 0.3) is 0 Å². The number of nitrogens with zero attached hydrogens (tertiary/aromatic N) is 1. The normalized spacial score (nSPS) is 28.9. The van der Waals surface area contributed by atoms with Crippen molar-refractivity contribution < 1.29 is 5.21 Å². The fraction of sp³-hybridized carbons (Fsp3) is 0.647. The van der Waals surface area contributed by atoms with Gasteiger partial charge < -0.3 is 10.5 Å². The number of nitrogens with one attached hydrogen (secondary N) is 1. The van der Waals surface area contributed by atoms with E-state index >= 15 is 0 Å². The van der Waals surface area contributed by atoms with Crippen LogP contribution in [0.5, 0.6) is 0 Å². The maximum atomic E-state index is 10.4. The molecule has 2 N–H and O–H groups in total. The molecule has 0 aromatic heterocycles. The number of fused-ring (bicyclic) bond motifs is 1. The van der Waals surface area contributed by atoms with E-state index in [0.717, 1.165) is 19.3 Å². The number of piperidine rings is 1. The van der Waals surface area contributed by atoms with Gasteiger partial charge >= 0.3 is 0 Å². The Bertz CT molecular complexity index is 466. The van der Waals surface area contributed by atoms with E-state index in [2.05, 4.69) is 57.3 Å². The van der Waals surface area contributed by atoms with E-state index in [9.17, 15) is 5.21 Å². The molecule has 0 radical (unpaired) electrons. The lowest BCUT2D eigenvalue weighted by Gasteiger charge is -2.52. The monoisotopic (exact) mass is 274 g/mol. The number of hydroxylamine groups is 2. The smallest absolute Gasteiger partial charge is 0.0413 e. The van der Waals surface area contributed by atoms with Crippen molar-refractivity contribution in [3.8, 4) is 0 Å². The highest BCUT2D eigenvalue weighted by atomic mass is 16.5. The Balaban J connectivity index is 1.80. The van der Waals surface area contributed by atoms with Crippen molar-refractivity contribution in [3.63, 3.8) is 0 Å². The van der Waals surface area contributed by atoms with Gasteiger partial charge in [0.2, 0.25) is 0 Å². The van der Waals surface area contributed by atoms with Gasteiger partial charge in [-0.05, 0) is 64.5 Å². The van der Waals surface area contributed by atoms with Crippen molar-refractivity contribution in [1.29, 1.82) is 0 Å². The second-order valence-corrected chi connectivity index (χ2v) is 7.72. The summed E-state index contributed by atoms with van der Waals surface area (Å²) in [6.45, 7) is 8.57. The van der Waals surface area contributed by atoms with Gasteiger partial charge in [-0.2, -0.15) is 5.06 Å². The molecule has 1 unspecified atom stereocenters. The number of hydrogen-bond donors (Lipinski definition) is 2. The third-order valence-corrected chi connectivity index (χ3v) is 5.04. The van der Waals surface area contributed by atoms with Gasteiger partial charge in [0.15, 0.2) is 0 Å². The Morgan fingerprint density at radius 2 is 1.70 bits per heavy atom. The van der Waals surface area contributed by atoms with Crippen molar-refractivity contribution in [2.24, 2.45) is 5.92 Å². The summed E-state index contributed by atoms with van der Waals surface area (Å²) in [5.74, 6) is 0.593. The molecule has 1 aromatic carbocycles. The van der Waals surface area contributed by atoms with E-state index in [1.807, 2.05) is 0 Å². The van der Waals surface area contributed by atoms with Gasteiger partial charge in [0, 0.05) is 22.8 Å². The largest absolute Gasteiger partial charge is 0.381 e. The zero-order valence-corrected chi connectivity index (χ0v) is 13.0. The molecule has 1 fully saturated rings. The molecule has 2 heterocycles. The second-order valence-electron chi connectivity index (χ2n) is 7.72. The van der Waals surface area contributed by atoms with Gasteiger partial charge in [-0.3, -0.25) is 0 Å². The van der Waals surface area contributed by atoms with Crippen LogP contribution in [0.1, 0.15) is 46.1 Å². The predicted molar refractivity (Wildman–Crippen MR) is 82.1 cm³/mol. The van der Waals surface area contributed by atoms with Gasteiger partial charge in [0.1, 0.15) is 0 Å². The Hall–Kier alpha value is -1.06. The molecule has 0 saturated carbocycles.